The molecule has 0 bridgehead atoms. The maximum absolute atomic E-state index is 14.4. The van der Waals surface area contributed by atoms with Crippen LogP contribution in [0, 0.1) is 25.5 Å². The lowest BCUT2D eigenvalue weighted by Gasteiger charge is -2.12. The summed E-state index contributed by atoms with van der Waals surface area (Å²) in [5.41, 5.74) is 0.557. The molecule has 0 saturated carbocycles. The van der Waals surface area contributed by atoms with Gasteiger partial charge in [0.05, 0.1) is 0 Å². The third-order valence-corrected chi connectivity index (χ3v) is 4.18. The fourth-order valence-electron chi connectivity index (χ4n) is 2.73. The van der Waals surface area contributed by atoms with Crippen molar-refractivity contribution in [3.8, 4) is 5.69 Å². The van der Waals surface area contributed by atoms with Crippen molar-refractivity contribution in [2.45, 2.75) is 26.6 Å². The van der Waals surface area contributed by atoms with Gasteiger partial charge in [0.2, 0.25) is 0 Å². The first-order valence-electron chi connectivity index (χ1n) is 8.08. The zero-order valence-electron chi connectivity index (χ0n) is 14.5. The van der Waals surface area contributed by atoms with Crippen LogP contribution in [0.2, 0.25) is 0 Å². The highest BCUT2D eigenvalue weighted by Crippen LogP contribution is 2.30. The molecule has 0 radical (unpaired) electrons. The maximum Gasteiger partial charge on any atom is 0.435 e. The quantitative estimate of drug-likeness (QED) is 0.614. The van der Waals surface area contributed by atoms with Crippen LogP contribution < -0.4 is 5.32 Å². The topological polar surface area (TPSA) is 29.9 Å². The number of anilines is 1. The molecule has 0 fully saturated rings. The normalized spacial score (nSPS) is 11.7. The Kier molecular flexibility index (Phi) is 4.91. The van der Waals surface area contributed by atoms with Crippen molar-refractivity contribution in [1.29, 1.82) is 0 Å². The monoisotopic (exact) mass is 381 g/mol. The van der Waals surface area contributed by atoms with Crippen molar-refractivity contribution >= 4 is 5.69 Å². The maximum atomic E-state index is 14.4. The summed E-state index contributed by atoms with van der Waals surface area (Å²) in [6.07, 6.45) is -4.61. The lowest BCUT2D eigenvalue weighted by Crippen LogP contribution is -2.09. The first-order valence-corrected chi connectivity index (χ1v) is 8.08. The minimum absolute atomic E-state index is 0.101. The number of halogens is 5. The predicted octanol–water partition coefficient (Wildman–Crippen LogP) is 5.40. The Hall–Kier alpha value is -2.90. The average molecular weight is 381 g/mol. The number of alkyl halides is 3. The van der Waals surface area contributed by atoms with Gasteiger partial charge in [0, 0.05) is 23.5 Å². The molecule has 0 aliphatic heterocycles. The molecule has 3 aromatic rings. The van der Waals surface area contributed by atoms with Crippen LogP contribution in [0.1, 0.15) is 22.5 Å². The Morgan fingerprint density at radius 1 is 1.00 bits per heavy atom. The molecule has 1 N–H and O–H groups in total. The molecule has 27 heavy (non-hydrogen) atoms. The summed E-state index contributed by atoms with van der Waals surface area (Å²) in [7, 11) is 0. The van der Waals surface area contributed by atoms with Crippen LogP contribution >= 0.6 is 0 Å². The molecule has 1 heterocycles. The second-order valence-electron chi connectivity index (χ2n) is 6.14. The second-order valence-corrected chi connectivity index (χ2v) is 6.14. The van der Waals surface area contributed by atoms with E-state index in [-0.39, 0.29) is 23.7 Å². The van der Waals surface area contributed by atoms with Crippen LogP contribution in [0.25, 0.3) is 5.69 Å². The minimum Gasteiger partial charge on any atom is -0.381 e. The Morgan fingerprint density at radius 3 is 2.33 bits per heavy atom. The number of nitrogens with zero attached hydrogens (tertiary/aromatic N) is 2. The van der Waals surface area contributed by atoms with Crippen LogP contribution in [0.3, 0.4) is 0 Å². The van der Waals surface area contributed by atoms with E-state index in [1.54, 1.807) is 19.1 Å². The van der Waals surface area contributed by atoms with Crippen LogP contribution in [0.5, 0.6) is 0 Å². The third kappa shape index (κ3) is 3.94. The standard InChI is InChI=1S/C19H16F5N3/c1-11-4-3-5-15(20)14(11)10-25-13-6-7-17(16(21)9-13)27-12(2)8-18(26-27)19(22,23)24/h3-9,25H,10H2,1-2H3. The van der Waals surface area contributed by atoms with Crippen molar-refractivity contribution in [3.63, 3.8) is 0 Å². The van der Waals surface area contributed by atoms with Crippen molar-refractivity contribution in [2.24, 2.45) is 0 Å². The first-order chi connectivity index (χ1) is 12.7. The van der Waals surface area contributed by atoms with Gasteiger partial charge in [-0.3, -0.25) is 0 Å². The van der Waals surface area contributed by atoms with Gasteiger partial charge in [-0.2, -0.15) is 18.3 Å². The van der Waals surface area contributed by atoms with E-state index in [0.29, 0.717) is 11.3 Å². The highest BCUT2D eigenvalue weighted by atomic mass is 19.4. The van der Waals surface area contributed by atoms with Gasteiger partial charge >= 0.3 is 6.18 Å². The van der Waals surface area contributed by atoms with E-state index in [0.717, 1.165) is 22.4 Å². The molecule has 0 spiro atoms. The van der Waals surface area contributed by atoms with Crippen molar-refractivity contribution in [2.75, 3.05) is 5.32 Å². The first kappa shape index (κ1) is 18.9. The number of hydrogen-bond donors (Lipinski definition) is 1. The number of benzene rings is 2. The number of nitrogens with one attached hydrogen (secondary N) is 1. The highest BCUT2D eigenvalue weighted by molar-refractivity contribution is 5.50. The molecule has 0 aliphatic rings. The summed E-state index contributed by atoms with van der Waals surface area (Å²) >= 11 is 0. The molecule has 0 aliphatic carbocycles. The van der Waals surface area contributed by atoms with E-state index in [1.165, 1.54) is 25.1 Å². The van der Waals surface area contributed by atoms with E-state index in [4.69, 9.17) is 0 Å². The molecule has 0 amide bonds. The molecular formula is C19H16F5N3. The molecule has 0 atom stereocenters. The van der Waals surface area contributed by atoms with Crippen LogP contribution in [0.4, 0.5) is 27.6 Å². The highest BCUT2D eigenvalue weighted by Gasteiger charge is 2.34. The Balaban J connectivity index is 1.83. The van der Waals surface area contributed by atoms with Gasteiger partial charge in [-0.1, -0.05) is 12.1 Å². The van der Waals surface area contributed by atoms with Crippen LogP contribution in [0.15, 0.2) is 42.5 Å². The average Bonchev–Trinajstić information content (AvgIpc) is 2.96. The van der Waals surface area contributed by atoms with Crippen molar-refractivity contribution in [3.05, 3.63) is 76.6 Å². The summed E-state index contributed by atoms with van der Waals surface area (Å²) in [6.45, 7) is 3.33. The largest absolute Gasteiger partial charge is 0.435 e. The fraction of sp³-hybridized carbons (Fsp3) is 0.211. The molecule has 2 aromatic carbocycles. The second kappa shape index (κ2) is 7.02. The third-order valence-electron chi connectivity index (χ3n) is 4.18. The Bertz CT molecular complexity index is 956. The summed E-state index contributed by atoms with van der Waals surface area (Å²) in [5.74, 6) is -1.11. The molecule has 3 nitrogen and oxygen atoms in total. The van der Waals surface area contributed by atoms with E-state index in [1.807, 2.05) is 0 Å². The summed E-state index contributed by atoms with van der Waals surface area (Å²) in [6, 6.07) is 9.53. The lowest BCUT2D eigenvalue weighted by molar-refractivity contribution is -0.141. The zero-order chi connectivity index (χ0) is 19.8. The van der Waals surface area contributed by atoms with E-state index >= 15 is 0 Å². The van der Waals surface area contributed by atoms with Crippen molar-refractivity contribution < 1.29 is 22.0 Å². The smallest absolute Gasteiger partial charge is 0.381 e. The van der Waals surface area contributed by atoms with E-state index in [2.05, 4.69) is 10.4 Å². The molecule has 1 aromatic heterocycles. The van der Waals surface area contributed by atoms with Gasteiger partial charge < -0.3 is 5.32 Å². The number of rotatable bonds is 4. The zero-order valence-corrected chi connectivity index (χ0v) is 14.5. The summed E-state index contributed by atoms with van der Waals surface area (Å²) in [4.78, 5) is 0. The van der Waals surface area contributed by atoms with Gasteiger partial charge in [-0.05, 0) is 49.7 Å². The van der Waals surface area contributed by atoms with Gasteiger partial charge in [-0.15, -0.1) is 0 Å². The number of aromatic nitrogens is 2. The summed E-state index contributed by atoms with van der Waals surface area (Å²) < 4.78 is 67.5. The molecule has 0 unspecified atom stereocenters. The molecule has 0 saturated heterocycles. The molecule has 3 rings (SSSR count). The van der Waals surface area contributed by atoms with Crippen LogP contribution in [-0.2, 0) is 12.7 Å². The number of hydrogen-bond acceptors (Lipinski definition) is 2. The molecule has 8 heteroatoms. The van der Waals surface area contributed by atoms with Gasteiger partial charge in [0.1, 0.15) is 11.5 Å². The number of aryl methyl sites for hydroxylation is 2. The minimum atomic E-state index is -4.61. The van der Waals surface area contributed by atoms with Gasteiger partial charge in [0.15, 0.2) is 11.5 Å². The lowest BCUT2D eigenvalue weighted by atomic mass is 10.1. The predicted molar refractivity (Wildman–Crippen MR) is 91.7 cm³/mol. The van der Waals surface area contributed by atoms with Crippen molar-refractivity contribution in [1.82, 2.24) is 9.78 Å². The SMILES string of the molecule is Cc1cccc(F)c1CNc1ccc(-n2nc(C(F)(F)F)cc2C)c(F)c1. The van der Waals surface area contributed by atoms with E-state index in [9.17, 15) is 22.0 Å². The van der Waals surface area contributed by atoms with Gasteiger partial charge in [-0.25, -0.2) is 13.5 Å². The Morgan fingerprint density at radius 2 is 1.74 bits per heavy atom. The molecule has 142 valence electrons. The fourth-order valence-corrected chi connectivity index (χ4v) is 2.73. The summed E-state index contributed by atoms with van der Waals surface area (Å²) in [5, 5.41) is 6.36. The Labute approximate surface area is 152 Å². The van der Waals surface area contributed by atoms with Crippen LogP contribution in [-0.4, -0.2) is 9.78 Å². The van der Waals surface area contributed by atoms with E-state index < -0.39 is 17.7 Å². The van der Waals surface area contributed by atoms with Gasteiger partial charge in [0.25, 0.3) is 0 Å². The molecular weight excluding hydrogens is 365 g/mol.